The number of β-amino-alcohol motifs (C(OH)–C–C–N with tert-alkyl or cyclic N) is 1. The Balaban J connectivity index is 2.08. The van der Waals surface area contributed by atoms with E-state index in [1.165, 1.54) is 0 Å². The Labute approximate surface area is 93.6 Å². The SMILES string of the molecule is Cc1nc2ccccc2nc1N1CC(O)C1. The van der Waals surface area contributed by atoms with Crippen LogP contribution >= 0.6 is 0 Å². The van der Waals surface area contributed by atoms with Crippen molar-refractivity contribution in [3.8, 4) is 0 Å². The largest absolute Gasteiger partial charge is 0.389 e. The molecule has 1 aliphatic heterocycles. The molecule has 0 aliphatic carbocycles. The molecule has 4 nitrogen and oxygen atoms in total. The van der Waals surface area contributed by atoms with Crippen LogP contribution in [0.1, 0.15) is 5.69 Å². The highest BCUT2D eigenvalue weighted by Gasteiger charge is 2.27. The Bertz CT molecular complexity index is 535. The van der Waals surface area contributed by atoms with Crippen LogP contribution in [0.4, 0.5) is 5.82 Å². The molecule has 0 radical (unpaired) electrons. The van der Waals surface area contributed by atoms with Crippen LogP contribution in [0.15, 0.2) is 24.3 Å². The average molecular weight is 215 g/mol. The normalized spacial score (nSPS) is 16.5. The van der Waals surface area contributed by atoms with Crippen molar-refractivity contribution in [2.24, 2.45) is 0 Å². The summed E-state index contributed by atoms with van der Waals surface area (Å²) in [6.45, 7) is 3.28. The maximum absolute atomic E-state index is 9.29. The zero-order valence-electron chi connectivity index (χ0n) is 9.09. The van der Waals surface area contributed by atoms with Crippen molar-refractivity contribution < 1.29 is 5.11 Å². The van der Waals surface area contributed by atoms with Gasteiger partial charge in [0.1, 0.15) is 0 Å². The van der Waals surface area contributed by atoms with E-state index in [0.717, 1.165) is 22.5 Å². The molecule has 1 aromatic heterocycles. The molecule has 1 fully saturated rings. The number of aliphatic hydroxyl groups excluding tert-OH is 1. The van der Waals surface area contributed by atoms with Gasteiger partial charge in [-0.3, -0.25) is 0 Å². The zero-order chi connectivity index (χ0) is 11.1. The van der Waals surface area contributed by atoms with E-state index in [4.69, 9.17) is 0 Å². The minimum atomic E-state index is -0.215. The second-order valence-corrected chi connectivity index (χ2v) is 4.18. The van der Waals surface area contributed by atoms with Gasteiger partial charge in [0, 0.05) is 13.1 Å². The molecule has 16 heavy (non-hydrogen) atoms. The van der Waals surface area contributed by atoms with Gasteiger partial charge in [0.25, 0.3) is 0 Å². The van der Waals surface area contributed by atoms with E-state index in [1.807, 2.05) is 31.2 Å². The Hall–Kier alpha value is -1.68. The second kappa shape index (κ2) is 3.42. The molecule has 1 aliphatic rings. The molecule has 2 heterocycles. The Morgan fingerprint density at radius 1 is 1.19 bits per heavy atom. The first-order valence-corrected chi connectivity index (χ1v) is 5.40. The Morgan fingerprint density at radius 2 is 1.81 bits per heavy atom. The van der Waals surface area contributed by atoms with Crippen LogP contribution in [0, 0.1) is 6.92 Å². The first kappa shape index (κ1) is 9.54. The number of aryl methyl sites for hydroxylation is 1. The first-order chi connectivity index (χ1) is 7.74. The van der Waals surface area contributed by atoms with Crippen LogP contribution in [0.2, 0.25) is 0 Å². The molecule has 0 bridgehead atoms. The van der Waals surface area contributed by atoms with E-state index >= 15 is 0 Å². The predicted octanol–water partition coefficient (Wildman–Crippen LogP) is 1.12. The molecule has 3 rings (SSSR count). The van der Waals surface area contributed by atoms with Crippen molar-refractivity contribution >= 4 is 16.9 Å². The van der Waals surface area contributed by atoms with Crippen LogP contribution in [0.3, 0.4) is 0 Å². The summed E-state index contributed by atoms with van der Waals surface area (Å²) in [4.78, 5) is 11.2. The van der Waals surface area contributed by atoms with Gasteiger partial charge in [0.2, 0.25) is 0 Å². The summed E-state index contributed by atoms with van der Waals surface area (Å²) in [6, 6.07) is 7.84. The minimum Gasteiger partial charge on any atom is -0.389 e. The van der Waals surface area contributed by atoms with Gasteiger partial charge < -0.3 is 10.0 Å². The fourth-order valence-electron chi connectivity index (χ4n) is 2.01. The van der Waals surface area contributed by atoms with Gasteiger partial charge in [0.05, 0.1) is 22.8 Å². The third-order valence-corrected chi connectivity index (χ3v) is 2.88. The maximum atomic E-state index is 9.29. The number of aromatic nitrogens is 2. The molecule has 1 aromatic carbocycles. The van der Waals surface area contributed by atoms with E-state index in [-0.39, 0.29) is 6.10 Å². The van der Waals surface area contributed by atoms with E-state index in [0.29, 0.717) is 13.1 Å². The molecule has 0 amide bonds. The van der Waals surface area contributed by atoms with Gasteiger partial charge >= 0.3 is 0 Å². The van der Waals surface area contributed by atoms with Gasteiger partial charge in [-0.1, -0.05) is 12.1 Å². The lowest BCUT2D eigenvalue weighted by atomic mass is 10.1. The van der Waals surface area contributed by atoms with Gasteiger partial charge in [-0.2, -0.15) is 0 Å². The van der Waals surface area contributed by atoms with Crippen LogP contribution in [-0.2, 0) is 0 Å². The summed E-state index contributed by atoms with van der Waals surface area (Å²) >= 11 is 0. The molecule has 0 saturated carbocycles. The van der Waals surface area contributed by atoms with Gasteiger partial charge in [0.15, 0.2) is 5.82 Å². The monoisotopic (exact) mass is 215 g/mol. The molecule has 0 unspecified atom stereocenters. The summed E-state index contributed by atoms with van der Waals surface area (Å²) < 4.78 is 0. The summed E-state index contributed by atoms with van der Waals surface area (Å²) in [5, 5.41) is 9.29. The highest BCUT2D eigenvalue weighted by atomic mass is 16.3. The van der Waals surface area contributed by atoms with Crippen molar-refractivity contribution in [3.05, 3.63) is 30.0 Å². The van der Waals surface area contributed by atoms with E-state index in [1.54, 1.807) is 0 Å². The third-order valence-electron chi connectivity index (χ3n) is 2.88. The molecular weight excluding hydrogens is 202 g/mol. The molecular formula is C12H13N3O. The minimum absolute atomic E-state index is 0.215. The van der Waals surface area contributed by atoms with E-state index in [2.05, 4.69) is 14.9 Å². The molecule has 4 heteroatoms. The maximum Gasteiger partial charge on any atom is 0.150 e. The number of hydrogen-bond acceptors (Lipinski definition) is 4. The fraction of sp³-hybridized carbons (Fsp3) is 0.333. The van der Waals surface area contributed by atoms with E-state index < -0.39 is 0 Å². The molecule has 82 valence electrons. The van der Waals surface area contributed by atoms with Crippen molar-refractivity contribution in [1.29, 1.82) is 0 Å². The number of anilines is 1. The van der Waals surface area contributed by atoms with Gasteiger partial charge in [-0.05, 0) is 19.1 Å². The molecule has 0 atom stereocenters. The van der Waals surface area contributed by atoms with E-state index in [9.17, 15) is 5.11 Å². The number of hydrogen-bond donors (Lipinski definition) is 1. The summed E-state index contributed by atoms with van der Waals surface area (Å²) in [6.07, 6.45) is -0.215. The number of benzene rings is 1. The number of rotatable bonds is 1. The van der Waals surface area contributed by atoms with Crippen molar-refractivity contribution in [1.82, 2.24) is 9.97 Å². The Morgan fingerprint density at radius 3 is 2.44 bits per heavy atom. The quantitative estimate of drug-likeness (QED) is 0.774. The number of fused-ring (bicyclic) bond motifs is 1. The highest BCUT2D eigenvalue weighted by Crippen LogP contribution is 2.23. The third kappa shape index (κ3) is 1.42. The van der Waals surface area contributed by atoms with Crippen molar-refractivity contribution in [3.63, 3.8) is 0 Å². The smallest absolute Gasteiger partial charge is 0.150 e. The lowest BCUT2D eigenvalue weighted by molar-refractivity contribution is 0.141. The molecule has 2 aromatic rings. The van der Waals surface area contributed by atoms with Crippen LogP contribution < -0.4 is 4.90 Å². The Kier molecular flexibility index (Phi) is 2.04. The lowest BCUT2D eigenvalue weighted by Gasteiger charge is -2.37. The number of nitrogens with zero attached hydrogens (tertiary/aromatic N) is 3. The van der Waals surface area contributed by atoms with Gasteiger partial charge in [-0.15, -0.1) is 0 Å². The standard InChI is InChI=1S/C12H13N3O/c1-8-12(15-6-9(16)7-15)14-11-5-3-2-4-10(11)13-8/h2-5,9,16H,6-7H2,1H3. The summed E-state index contributed by atoms with van der Waals surface area (Å²) in [5.74, 6) is 0.893. The second-order valence-electron chi connectivity index (χ2n) is 4.18. The van der Waals surface area contributed by atoms with Crippen LogP contribution in [-0.4, -0.2) is 34.3 Å². The molecule has 1 saturated heterocycles. The fourth-order valence-corrected chi connectivity index (χ4v) is 2.01. The first-order valence-electron chi connectivity index (χ1n) is 5.40. The van der Waals surface area contributed by atoms with Crippen molar-refractivity contribution in [2.75, 3.05) is 18.0 Å². The lowest BCUT2D eigenvalue weighted by Crippen LogP contribution is -2.51. The zero-order valence-corrected chi connectivity index (χ0v) is 9.09. The molecule has 1 N–H and O–H groups in total. The summed E-state index contributed by atoms with van der Waals surface area (Å²) in [5.41, 5.74) is 2.75. The number of para-hydroxylation sites is 2. The molecule has 0 spiro atoms. The highest BCUT2D eigenvalue weighted by molar-refractivity contribution is 5.76. The van der Waals surface area contributed by atoms with Gasteiger partial charge in [-0.25, -0.2) is 9.97 Å². The summed E-state index contributed by atoms with van der Waals surface area (Å²) in [7, 11) is 0. The van der Waals surface area contributed by atoms with Crippen molar-refractivity contribution in [2.45, 2.75) is 13.0 Å². The average Bonchev–Trinajstić information content (AvgIpc) is 2.24. The van der Waals surface area contributed by atoms with Crippen LogP contribution in [0.25, 0.3) is 11.0 Å². The van der Waals surface area contributed by atoms with Crippen LogP contribution in [0.5, 0.6) is 0 Å². The predicted molar refractivity (Wildman–Crippen MR) is 62.5 cm³/mol. The topological polar surface area (TPSA) is 49.2 Å². The number of aliphatic hydroxyl groups is 1.